The fourth-order valence-electron chi connectivity index (χ4n) is 1.11. The van der Waals surface area contributed by atoms with Gasteiger partial charge in [-0.2, -0.15) is 0 Å². The van der Waals surface area contributed by atoms with Crippen LogP contribution in [0.5, 0.6) is 0 Å². The minimum atomic E-state index is 0.833. The van der Waals surface area contributed by atoms with E-state index in [1.165, 1.54) is 38.5 Å². The van der Waals surface area contributed by atoms with Crippen LogP contribution in [0.25, 0.3) is 0 Å². The lowest BCUT2D eigenvalue weighted by atomic mass is 10.1. The Bertz CT molecular complexity index is 87.9. The lowest BCUT2D eigenvalue weighted by Crippen LogP contribution is -1.80. The lowest BCUT2D eigenvalue weighted by molar-refractivity contribution is 0.638. The topological polar surface area (TPSA) is 0 Å². The lowest BCUT2D eigenvalue weighted by Gasteiger charge is -2.00. The van der Waals surface area contributed by atoms with Gasteiger partial charge in [0.1, 0.15) is 0 Å². The normalized spacial score (nSPS) is 17.7. The second-order valence-corrected chi connectivity index (χ2v) is 4.20. The summed E-state index contributed by atoms with van der Waals surface area (Å²) >= 11 is 0. The Kier molecular flexibility index (Phi) is 8.64. The summed E-state index contributed by atoms with van der Waals surface area (Å²) in [5.74, 6) is 0.833. The van der Waals surface area contributed by atoms with Crippen molar-refractivity contribution in [3.63, 3.8) is 0 Å². The van der Waals surface area contributed by atoms with Crippen LogP contribution in [-0.4, -0.2) is 0 Å². The molecule has 0 saturated heterocycles. The molecule has 0 amide bonds. The maximum Gasteiger partial charge on any atom is -0.0351 e. The van der Waals surface area contributed by atoms with Crippen LogP contribution in [0.15, 0.2) is 12.2 Å². The molecule has 12 heavy (non-hydrogen) atoms. The molecule has 0 heterocycles. The Morgan fingerprint density at radius 1 is 0.750 bits per heavy atom. The first kappa shape index (κ1) is 11.7. The number of hydrogen-bond acceptors (Lipinski definition) is 0. The zero-order valence-electron chi connectivity index (χ0n) is 8.97. The van der Waals surface area contributed by atoms with E-state index >= 15 is 0 Å². The van der Waals surface area contributed by atoms with E-state index in [1.54, 1.807) is 0 Å². The van der Waals surface area contributed by atoms with Crippen LogP contribution in [0, 0.1) is 5.92 Å². The Balaban J connectivity index is 0.000000261. The average Bonchev–Trinajstić information content (AvgIpc) is 1.82. The van der Waals surface area contributed by atoms with Crippen LogP contribution in [0.2, 0.25) is 0 Å². The molecule has 1 aliphatic rings. The monoisotopic (exact) mass is 168 g/mol. The fourth-order valence-corrected chi connectivity index (χ4v) is 1.11. The molecule has 0 spiro atoms. The van der Waals surface area contributed by atoms with Crippen LogP contribution < -0.4 is 0 Å². The first-order chi connectivity index (χ1) is 5.73. The van der Waals surface area contributed by atoms with Crippen molar-refractivity contribution in [2.45, 2.75) is 59.3 Å². The summed E-state index contributed by atoms with van der Waals surface area (Å²) < 4.78 is 0. The van der Waals surface area contributed by atoms with Gasteiger partial charge < -0.3 is 0 Å². The van der Waals surface area contributed by atoms with Gasteiger partial charge in [0.15, 0.2) is 0 Å². The quantitative estimate of drug-likeness (QED) is 0.465. The summed E-state index contributed by atoms with van der Waals surface area (Å²) in [6.45, 7) is 6.50. The summed E-state index contributed by atoms with van der Waals surface area (Å²) in [6, 6.07) is 0. The molecule has 0 aromatic carbocycles. The molecule has 1 rings (SSSR count). The third kappa shape index (κ3) is 12.4. The van der Waals surface area contributed by atoms with Crippen molar-refractivity contribution < 1.29 is 0 Å². The van der Waals surface area contributed by atoms with Crippen molar-refractivity contribution in [2.75, 3.05) is 0 Å². The Morgan fingerprint density at radius 2 is 1.08 bits per heavy atom. The second kappa shape index (κ2) is 8.83. The SMILES string of the molecule is C1=CCCCCCC1.CC(C)C. The molecule has 1 aliphatic carbocycles. The largest absolute Gasteiger partial charge is 0.0885 e. The van der Waals surface area contributed by atoms with Crippen molar-refractivity contribution in [2.24, 2.45) is 5.92 Å². The molecule has 0 fully saturated rings. The summed E-state index contributed by atoms with van der Waals surface area (Å²) in [4.78, 5) is 0. The summed E-state index contributed by atoms with van der Waals surface area (Å²) in [6.07, 6.45) is 13.0. The molecule has 0 saturated carbocycles. The molecule has 0 unspecified atom stereocenters. The van der Waals surface area contributed by atoms with E-state index in [4.69, 9.17) is 0 Å². The van der Waals surface area contributed by atoms with E-state index in [2.05, 4.69) is 32.9 Å². The predicted molar refractivity (Wildman–Crippen MR) is 57.4 cm³/mol. The minimum Gasteiger partial charge on any atom is -0.0885 e. The third-order valence-corrected chi connectivity index (χ3v) is 1.66. The number of rotatable bonds is 0. The molecular weight excluding hydrogens is 144 g/mol. The van der Waals surface area contributed by atoms with E-state index in [1.807, 2.05) is 0 Å². The highest BCUT2D eigenvalue weighted by molar-refractivity contribution is 4.82. The summed E-state index contributed by atoms with van der Waals surface area (Å²) in [5.41, 5.74) is 0. The van der Waals surface area contributed by atoms with Gasteiger partial charge in [0.05, 0.1) is 0 Å². The Hall–Kier alpha value is -0.260. The van der Waals surface area contributed by atoms with E-state index in [9.17, 15) is 0 Å². The maximum absolute atomic E-state index is 2.32. The summed E-state index contributed by atoms with van der Waals surface area (Å²) in [7, 11) is 0. The fraction of sp³-hybridized carbons (Fsp3) is 0.833. The van der Waals surface area contributed by atoms with Gasteiger partial charge in [0, 0.05) is 0 Å². The van der Waals surface area contributed by atoms with E-state index in [0.717, 1.165) is 5.92 Å². The summed E-state index contributed by atoms with van der Waals surface area (Å²) in [5, 5.41) is 0. The molecule has 0 heteroatoms. The Labute approximate surface area is 78.1 Å². The van der Waals surface area contributed by atoms with Crippen LogP contribution in [0.4, 0.5) is 0 Å². The van der Waals surface area contributed by atoms with Crippen molar-refractivity contribution in [3.8, 4) is 0 Å². The molecule has 0 aliphatic heterocycles. The zero-order chi connectivity index (χ0) is 9.23. The highest BCUT2D eigenvalue weighted by Gasteiger charge is 1.89. The van der Waals surface area contributed by atoms with E-state index in [0.29, 0.717) is 0 Å². The predicted octanol–water partition coefficient (Wildman–Crippen LogP) is 4.56. The van der Waals surface area contributed by atoms with E-state index in [-0.39, 0.29) is 0 Å². The van der Waals surface area contributed by atoms with Gasteiger partial charge in [-0.15, -0.1) is 0 Å². The van der Waals surface area contributed by atoms with Gasteiger partial charge in [-0.3, -0.25) is 0 Å². The molecule has 0 aromatic rings. The van der Waals surface area contributed by atoms with Crippen molar-refractivity contribution in [1.29, 1.82) is 0 Å². The molecule has 0 bridgehead atoms. The number of hydrogen-bond donors (Lipinski definition) is 0. The molecule has 0 radical (unpaired) electrons. The zero-order valence-corrected chi connectivity index (χ0v) is 8.97. The van der Waals surface area contributed by atoms with Gasteiger partial charge >= 0.3 is 0 Å². The number of allylic oxidation sites excluding steroid dienone is 2. The Morgan fingerprint density at radius 3 is 1.42 bits per heavy atom. The molecule has 0 N–H and O–H groups in total. The van der Waals surface area contributed by atoms with Crippen LogP contribution in [0.3, 0.4) is 0 Å². The van der Waals surface area contributed by atoms with Crippen molar-refractivity contribution in [3.05, 3.63) is 12.2 Å². The minimum absolute atomic E-state index is 0.833. The third-order valence-electron chi connectivity index (χ3n) is 1.66. The second-order valence-electron chi connectivity index (χ2n) is 4.20. The molecule has 72 valence electrons. The molecule has 0 aromatic heterocycles. The standard InChI is InChI=1S/C8H14.C4H10/c1-2-4-6-8-7-5-3-1;1-4(2)3/h1-2H,3-8H2;4H,1-3H3. The average molecular weight is 168 g/mol. The smallest absolute Gasteiger partial charge is 0.0351 e. The van der Waals surface area contributed by atoms with Crippen molar-refractivity contribution >= 4 is 0 Å². The van der Waals surface area contributed by atoms with Crippen molar-refractivity contribution in [1.82, 2.24) is 0 Å². The maximum atomic E-state index is 2.32. The molecule has 0 nitrogen and oxygen atoms in total. The van der Waals surface area contributed by atoms with Gasteiger partial charge in [0.25, 0.3) is 0 Å². The molecular formula is C12H24. The highest BCUT2D eigenvalue weighted by Crippen LogP contribution is 2.09. The first-order valence-corrected chi connectivity index (χ1v) is 5.38. The van der Waals surface area contributed by atoms with E-state index < -0.39 is 0 Å². The van der Waals surface area contributed by atoms with Crippen LogP contribution in [-0.2, 0) is 0 Å². The van der Waals surface area contributed by atoms with Gasteiger partial charge in [-0.05, 0) is 31.6 Å². The van der Waals surface area contributed by atoms with Gasteiger partial charge in [0.2, 0.25) is 0 Å². The van der Waals surface area contributed by atoms with Gasteiger partial charge in [-0.1, -0.05) is 45.8 Å². The highest BCUT2D eigenvalue weighted by atomic mass is 14.0. The first-order valence-electron chi connectivity index (χ1n) is 5.38. The van der Waals surface area contributed by atoms with Crippen LogP contribution >= 0.6 is 0 Å². The van der Waals surface area contributed by atoms with Gasteiger partial charge in [-0.25, -0.2) is 0 Å². The van der Waals surface area contributed by atoms with Crippen LogP contribution in [0.1, 0.15) is 59.3 Å². The molecule has 0 atom stereocenters.